The van der Waals surface area contributed by atoms with Gasteiger partial charge in [0.05, 0.1) is 5.56 Å². The first-order valence-electron chi connectivity index (χ1n) is 7.93. The number of rotatable bonds is 8. The Morgan fingerprint density at radius 2 is 1.03 bits per heavy atom. The van der Waals surface area contributed by atoms with Crippen molar-refractivity contribution in [2.45, 2.75) is 47.1 Å². The Morgan fingerprint density at radius 1 is 0.629 bits per heavy atom. The molecule has 1 aromatic rings. The maximum atomic E-state index is 13.8. The minimum Gasteiger partial charge on any atom is -0.321 e. The van der Waals surface area contributed by atoms with Crippen molar-refractivity contribution in [3.63, 3.8) is 0 Å². The summed E-state index contributed by atoms with van der Waals surface area (Å²) in [6, 6.07) is 0.611. The molecular formula is C15H5ClF17NO. The number of alkyl halides is 18. The standard InChI is InChI=1S/C15H5ClF17NO/c16-15(32,33)14(30,31)13(28,29)12(26,27)11(24,25)10(22,23)8(17,18)7(35)34-6-3-1-2-5(4-6)9(19,20)21/h1-4H,(H,34,35). The van der Waals surface area contributed by atoms with Crippen LogP contribution in [0.4, 0.5) is 80.3 Å². The number of halogens is 18. The second-order valence-corrected chi connectivity index (χ2v) is 6.95. The van der Waals surface area contributed by atoms with Crippen LogP contribution in [0.1, 0.15) is 5.56 Å². The molecule has 35 heavy (non-hydrogen) atoms. The highest BCUT2D eigenvalue weighted by Gasteiger charge is 2.93. The summed E-state index contributed by atoms with van der Waals surface area (Å²) in [5.41, 5.74) is -3.22. The molecule has 20 heteroatoms. The second kappa shape index (κ2) is 8.43. The van der Waals surface area contributed by atoms with E-state index < -0.39 is 64.3 Å². The third-order valence-electron chi connectivity index (χ3n) is 4.06. The van der Waals surface area contributed by atoms with Crippen LogP contribution in [0.25, 0.3) is 0 Å². The van der Waals surface area contributed by atoms with Crippen molar-refractivity contribution in [1.29, 1.82) is 0 Å². The van der Waals surface area contributed by atoms with E-state index in [1.165, 1.54) is 0 Å². The van der Waals surface area contributed by atoms with Crippen LogP contribution in [0.15, 0.2) is 24.3 Å². The predicted octanol–water partition coefficient (Wildman–Crippen LogP) is 7.29. The van der Waals surface area contributed by atoms with Crippen molar-refractivity contribution < 1.29 is 79.4 Å². The van der Waals surface area contributed by atoms with Gasteiger partial charge in [0.25, 0.3) is 0 Å². The van der Waals surface area contributed by atoms with Gasteiger partial charge in [-0.2, -0.15) is 74.6 Å². The Balaban J connectivity index is 3.50. The van der Waals surface area contributed by atoms with Gasteiger partial charge in [-0.15, -0.1) is 0 Å². The molecule has 0 spiro atoms. The fourth-order valence-corrected chi connectivity index (χ4v) is 2.21. The van der Waals surface area contributed by atoms with E-state index in [-0.39, 0.29) is 18.2 Å². The molecule has 0 aliphatic heterocycles. The summed E-state index contributed by atoms with van der Waals surface area (Å²) >= 11 is 3.43. The van der Waals surface area contributed by atoms with Crippen molar-refractivity contribution >= 4 is 23.2 Å². The lowest BCUT2D eigenvalue weighted by molar-refractivity contribution is -0.431. The Labute approximate surface area is 186 Å². The van der Waals surface area contributed by atoms with E-state index in [4.69, 9.17) is 0 Å². The monoisotopic (exact) mass is 573 g/mol. The minimum absolute atomic E-state index is 0.228. The summed E-state index contributed by atoms with van der Waals surface area (Å²) in [5, 5.41) is -6.32. The van der Waals surface area contributed by atoms with Gasteiger partial charge in [-0.25, -0.2) is 0 Å². The molecule has 0 saturated heterocycles. The van der Waals surface area contributed by atoms with Gasteiger partial charge in [0.15, 0.2) is 0 Å². The summed E-state index contributed by atoms with van der Waals surface area (Å²) in [7, 11) is 0. The fraction of sp³-hybridized carbons (Fsp3) is 0.533. The summed E-state index contributed by atoms with van der Waals surface area (Å²) in [5.74, 6) is -51.9. The van der Waals surface area contributed by atoms with E-state index >= 15 is 0 Å². The van der Waals surface area contributed by atoms with Crippen LogP contribution < -0.4 is 5.32 Å². The van der Waals surface area contributed by atoms with Crippen LogP contribution in [-0.4, -0.2) is 46.8 Å². The number of carbonyl (C=O) groups excluding carboxylic acids is 1. The van der Waals surface area contributed by atoms with Gasteiger partial charge in [0.1, 0.15) is 0 Å². The zero-order chi connectivity index (χ0) is 28.3. The van der Waals surface area contributed by atoms with Crippen LogP contribution >= 0.6 is 11.6 Å². The van der Waals surface area contributed by atoms with E-state index in [1.807, 2.05) is 0 Å². The zero-order valence-electron chi connectivity index (χ0n) is 15.5. The first-order chi connectivity index (χ1) is 15.1. The van der Waals surface area contributed by atoms with Gasteiger partial charge < -0.3 is 5.32 Å². The highest BCUT2D eigenvalue weighted by Crippen LogP contribution is 2.62. The lowest BCUT2D eigenvalue weighted by Gasteiger charge is -2.41. The average molecular weight is 574 g/mol. The molecule has 0 aromatic heterocycles. The van der Waals surface area contributed by atoms with Gasteiger partial charge in [-0.3, -0.25) is 4.79 Å². The molecule has 0 bridgehead atoms. The number of nitrogens with one attached hydrogen (secondary N) is 1. The Bertz CT molecular complexity index is 950. The van der Waals surface area contributed by atoms with Gasteiger partial charge in [-0.1, -0.05) is 6.07 Å². The van der Waals surface area contributed by atoms with Gasteiger partial charge >= 0.3 is 53.0 Å². The molecule has 202 valence electrons. The second-order valence-electron chi connectivity index (χ2n) is 6.48. The van der Waals surface area contributed by atoms with E-state index in [1.54, 1.807) is 0 Å². The van der Waals surface area contributed by atoms with Gasteiger partial charge in [0.2, 0.25) is 0 Å². The molecule has 0 aliphatic carbocycles. The number of carbonyl (C=O) groups is 1. The maximum Gasteiger partial charge on any atom is 0.416 e. The summed E-state index contributed by atoms with van der Waals surface area (Å²) in [4.78, 5) is 11.3. The van der Waals surface area contributed by atoms with Crippen LogP contribution in [0.5, 0.6) is 0 Å². The van der Waals surface area contributed by atoms with E-state index in [0.29, 0.717) is 11.4 Å². The smallest absolute Gasteiger partial charge is 0.321 e. The van der Waals surface area contributed by atoms with E-state index in [9.17, 15) is 79.4 Å². The average Bonchev–Trinajstić information content (AvgIpc) is 2.65. The third kappa shape index (κ3) is 4.66. The fourth-order valence-electron chi connectivity index (χ4n) is 2.09. The number of hydrogen-bond donors (Lipinski definition) is 1. The van der Waals surface area contributed by atoms with Crippen molar-refractivity contribution in [1.82, 2.24) is 0 Å². The first kappa shape index (κ1) is 30.8. The van der Waals surface area contributed by atoms with Crippen molar-refractivity contribution in [2.24, 2.45) is 0 Å². The maximum absolute atomic E-state index is 13.8. The van der Waals surface area contributed by atoms with Gasteiger partial charge in [-0.05, 0) is 29.8 Å². The molecule has 1 rings (SSSR count). The van der Waals surface area contributed by atoms with Crippen LogP contribution in [0.2, 0.25) is 0 Å². The molecule has 1 aromatic carbocycles. The predicted molar refractivity (Wildman–Crippen MR) is 80.6 cm³/mol. The Morgan fingerprint density at radius 3 is 1.43 bits per heavy atom. The summed E-state index contributed by atoms with van der Waals surface area (Å²) < 4.78 is 224. The molecule has 0 saturated carbocycles. The van der Waals surface area contributed by atoms with E-state index in [0.717, 1.165) is 0 Å². The molecule has 0 atom stereocenters. The molecule has 0 radical (unpaired) electrons. The van der Waals surface area contributed by atoms with E-state index in [2.05, 4.69) is 11.6 Å². The number of hydrogen-bond acceptors (Lipinski definition) is 1. The number of amides is 1. The number of anilines is 1. The van der Waals surface area contributed by atoms with Crippen molar-refractivity contribution in [3.8, 4) is 0 Å². The quantitative estimate of drug-likeness (QED) is 0.257. The van der Waals surface area contributed by atoms with Crippen LogP contribution in [0.3, 0.4) is 0 Å². The largest absolute Gasteiger partial charge is 0.416 e. The first-order valence-corrected chi connectivity index (χ1v) is 8.31. The van der Waals surface area contributed by atoms with Crippen LogP contribution in [0, 0.1) is 0 Å². The lowest BCUT2D eigenvalue weighted by Crippen LogP contribution is -2.73. The zero-order valence-corrected chi connectivity index (χ0v) is 16.3. The highest BCUT2D eigenvalue weighted by atomic mass is 35.5. The van der Waals surface area contributed by atoms with Crippen LogP contribution in [-0.2, 0) is 11.0 Å². The molecule has 0 heterocycles. The third-order valence-corrected chi connectivity index (χ3v) is 4.30. The highest BCUT2D eigenvalue weighted by molar-refractivity contribution is 6.22. The summed E-state index contributed by atoms with van der Waals surface area (Å²) in [6.07, 6.45) is -5.25. The summed E-state index contributed by atoms with van der Waals surface area (Å²) in [6.45, 7) is 0. The molecule has 1 amide bonds. The molecule has 0 fully saturated rings. The SMILES string of the molecule is O=C(Nc1cccc(C(F)(F)F)c1)C(F)(F)C(F)(F)C(F)(F)C(F)(F)C(F)(F)C(F)(F)C(F)(F)Cl. The van der Waals surface area contributed by atoms with Gasteiger partial charge in [0, 0.05) is 5.69 Å². The van der Waals surface area contributed by atoms with Crippen molar-refractivity contribution in [3.05, 3.63) is 29.8 Å². The molecule has 0 unspecified atom stereocenters. The Kier molecular flexibility index (Phi) is 7.42. The van der Waals surface area contributed by atoms with Crippen molar-refractivity contribution in [2.75, 3.05) is 5.32 Å². The molecular weight excluding hydrogens is 569 g/mol. The Hall–Kier alpha value is -2.21. The molecule has 0 aliphatic rings. The normalized spacial score (nSPS) is 15.3. The lowest BCUT2D eigenvalue weighted by atomic mass is 9.91. The molecule has 2 nitrogen and oxygen atoms in total. The molecule has 1 N–H and O–H groups in total. The number of benzene rings is 1. The minimum atomic E-state index is -8.44. The topological polar surface area (TPSA) is 29.1 Å².